The number of carbonyl (C=O) groups excluding carboxylic acids is 1. The fourth-order valence-electron chi connectivity index (χ4n) is 0.736. The van der Waals surface area contributed by atoms with Crippen molar-refractivity contribution in [3.8, 4) is 0 Å². The molecule has 0 aliphatic rings. The van der Waals surface area contributed by atoms with E-state index in [1.807, 2.05) is 0 Å². The van der Waals surface area contributed by atoms with Crippen LogP contribution in [0.15, 0.2) is 0 Å². The summed E-state index contributed by atoms with van der Waals surface area (Å²) in [7, 11) is 0. The van der Waals surface area contributed by atoms with Gasteiger partial charge in [0, 0.05) is 12.8 Å². The second-order valence-corrected chi connectivity index (χ2v) is 3.01. The molecule has 0 saturated carbocycles. The van der Waals surface area contributed by atoms with E-state index in [0.717, 1.165) is 6.42 Å². The number of ketones is 1. The molecule has 3 heteroatoms. The van der Waals surface area contributed by atoms with Crippen LogP contribution in [-0.4, -0.2) is 12.3 Å². The minimum atomic E-state index is 0. The molecule has 0 unspecified atom stereocenters. The highest BCUT2D eigenvalue weighted by Gasteiger charge is 2.01. The van der Waals surface area contributed by atoms with E-state index in [9.17, 15) is 4.79 Å². The van der Waals surface area contributed by atoms with Crippen molar-refractivity contribution < 1.29 is 4.79 Å². The van der Waals surface area contributed by atoms with Crippen LogP contribution in [0.1, 0.15) is 33.1 Å². The lowest BCUT2D eigenvalue weighted by Gasteiger charge is -2.01. The summed E-state index contributed by atoms with van der Waals surface area (Å²) in [6.07, 6.45) is 2.25. The molecule has 0 aromatic carbocycles. The van der Waals surface area contributed by atoms with Gasteiger partial charge < -0.3 is 5.73 Å². The highest BCUT2D eigenvalue weighted by Crippen LogP contribution is 2.04. The molecule has 0 amide bonds. The molecule has 0 spiro atoms. The molecule has 2 nitrogen and oxygen atoms in total. The average Bonchev–Trinajstić information content (AvgIpc) is 1.85. The zero-order chi connectivity index (χ0) is 7.98. The number of hydrogen-bond acceptors (Lipinski definition) is 2. The highest BCUT2D eigenvalue weighted by atomic mass is 35.5. The van der Waals surface area contributed by atoms with Crippen molar-refractivity contribution in [1.82, 2.24) is 0 Å². The van der Waals surface area contributed by atoms with Gasteiger partial charge in [-0.1, -0.05) is 13.8 Å². The first-order chi connectivity index (χ1) is 4.66. The predicted molar refractivity (Wildman–Crippen MR) is 50.0 cm³/mol. The summed E-state index contributed by atoms with van der Waals surface area (Å²) >= 11 is 0. The van der Waals surface area contributed by atoms with Gasteiger partial charge in [0.2, 0.25) is 0 Å². The second-order valence-electron chi connectivity index (χ2n) is 3.01. The summed E-state index contributed by atoms with van der Waals surface area (Å²) in [5.41, 5.74) is 5.21. The third-order valence-corrected chi connectivity index (χ3v) is 1.42. The minimum Gasteiger partial charge on any atom is -0.330 e. The number of halogens is 1. The molecule has 0 bridgehead atoms. The second kappa shape index (κ2) is 8.02. The molecule has 2 N–H and O–H groups in total. The predicted octanol–water partition coefficient (Wildman–Crippen LogP) is 1.76. The van der Waals surface area contributed by atoms with Crippen molar-refractivity contribution in [2.24, 2.45) is 11.7 Å². The molecule has 0 radical (unpaired) electrons. The lowest BCUT2D eigenvalue weighted by Crippen LogP contribution is -2.08. The van der Waals surface area contributed by atoms with Gasteiger partial charge in [-0.25, -0.2) is 0 Å². The van der Waals surface area contributed by atoms with E-state index in [2.05, 4.69) is 13.8 Å². The van der Waals surface area contributed by atoms with Gasteiger partial charge in [0.25, 0.3) is 0 Å². The molecular weight excluding hydrogens is 162 g/mol. The van der Waals surface area contributed by atoms with Crippen LogP contribution in [0.2, 0.25) is 0 Å². The largest absolute Gasteiger partial charge is 0.330 e. The Morgan fingerprint density at radius 3 is 2.27 bits per heavy atom. The number of hydrogen-bond donors (Lipinski definition) is 1. The summed E-state index contributed by atoms with van der Waals surface area (Å²) < 4.78 is 0. The van der Waals surface area contributed by atoms with Gasteiger partial charge in [-0.05, 0) is 18.9 Å². The Bertz CT molecular complexity index is 104. The standard InChI is InChI=1S/C8H17NO.ClH/c1-7(2)3-4-8(10)5-6-9;/h7H,3-6,9H2,1-2H3;1H. The quantitative estimate of drug-likeness (QED) is 0.699. The molecule has 0 aromatic heterocycles. The molecule has 0 rings (SSSR count). The van der Waals surface area contributed by atoms with Gasteiger partial charge in [-0.3, -0.25) is 4.79 Å². The Balaban J connectivity index is 0. The maximum Gasteiger partial charge on any atom is 0.134 e. The van der Waals surface area contributed by atoms with Gasteiger partial charge in [-0.15, -0.1) is 12.4 Å². The molecule has 0 atom stereocenters. The Hall–Kier alpha value is -0.0800. The van der Waals surface area contributed by atoms with Crippen LogP contribution in [-0.2, 0) is 4.79 Å². The monoisotopic (exact) mass is 179 g/mol. The maximum atomic E-state index is 10.9. The van der Waals surface area contributed by atoms with Crippen molar-refractivity contribution in [2.75, 3.05) is 6.54 Å². The highest BCUT2D eigenvalue weighted by molar-refractivity contribution is 5.85. The van der Waals surface area contributed by atoms with Gasteiger partial charge in [0.15, 0.2) is 0 Å². The van der Waals surface area contributed by atoms with E-state index in [1.54, 1.807) is 0 Å². The first-order valence-corrected chi connectivity index (χ1v) is 3.88. The van der Waals surface area contributed by atoms with Crippen LogP contribution >= 0.6 is 12.4 Å². The SMILES string of the molecule is CC(C)CCC(=O)CCN.Cl. The fraction of sp³-hybridized carbons (Fsp3) is 0.875. The van der Waals surface area contributed by atoms with Crippen molar-refractivity contribution in [2.45, 2.75) is 33.1 Å². The summed E-state index contributed by atoms with van der Waals surface area (Å²) in [4.78, 5) is 10.9. The number of Topliss-reactive ketones (excluding diaryl/α,β-unsaturated/α-hetero) is 1. The summed E-state index contributed by atoms with van der Waals surface area (Å²) in [5, 5.41) is 0. The lowest BCUT2D eigenvalue weighted by atomic mass is 10.0. The summed E-state index contributed by atoms with van der Waals surface area (Å²) in [5.74, 6) is 0.929. The average molecular weight is 180 g/mol. The third-order valence-electron chi connectivity index (χ3n) is 1.42. The molecule has 0 aliphatic heterocycles. The first kappa shape index (κ1) is 13.5. The van der Waals surface area contributed by atoms with Crippen LogP contribution in [0.4, 0.5) is 0 Å². The molecule has 68 valence electrons. The van der Waals surface area contributed by atoms with E-state index in [0.29, 0.717) is 31.1 Å². The van der Waals surface area contributed by atoms with Gasteiger partial charge >= 0.3 is 0 Å². The Labute approximate surface area is 74.9 Å². The molecule has 0 heterocycles. The van der Waals surface area contributed by atoms with Gasteiger partial charge in [0.05, 0.1) is 0 Å². The van der Waals surface area contributed by atoms with Crippen LogP contribution in [0.3, 0.4) is 0 Å². The van der Waals surface area contributed by atoms with Crippen LogP contribution in [0.25, 0.3) is 0 Å². The number of rotatable bonds is 5. The fourth-order valence-corrected chi connectivity index (χ4v) is 0.736. The van der Waals surface area contributed by atoms with E-state index < -0.39 is 0 Å². The number of nitrogens with two attached hydrogens (primary N) is 1. The molecule has 0 aliphatic carbocycles. The topological polar surface area (TPSA) is 43.1 Å². The van der Waals surface area contributed by atoms with Crippen molar-refractivity contribution in [1.29, 1.82) is 0 Å². The Morgan fingerprint density at radius 1 is 1.36 bits per heavy atom. The van der Waals surface area contributed by atoms with Crippen LogP contribution < -0.4 is 5.73 Å². The van der Waals surface area contributed by atoms with Crippen molar-refractivity contribution in [3.63, 3.8) is 0 Å². The smallest absolute Gasteiger partial charge is 0.134 e. The zero-order valence-corrected chi connectivity index (χ0v) is 8.12. The maximum absolute atomic E-state index is 10.9. The van der Waals surface area contributed by atoms with E-state index in [1.165, 1.54) is 0 Å². The Morgan fingerprint density at radius 2 is 1.91 bits per heavy atom. The van der Waals surface area contributed by atoms with Crippen LogP contribution in [0.5, 0.6) is 0 Å². The van der Waals surface area contributed by atoms with E-state index in [-0.39, 0.29) is 12.4 Å². The summed E-state index contributed by atoms with van der Waals surface area (Å²) in [6.45, 7) is 4.74. The molecule has 0 aromatic rings. The van der Waals surface area contributed by atoms with Crippen molar-refractivity contribution in [3.05, 3.63) is 0 Å². The molecular formula is C8H18ClNO. The molecule has 0 saturated heterocycles. The van der Waals surface area contributed by atoms with Crippen molar-refractivity contribution >= 4 is 18.2 Å². The lowest BCUT2D eigenvalue weighted by molar-refractivity contribution is -0.119. The first-order valence-electron chi connectivity index (χ1n) is 3.88. The van der Waals surface area contributed by atoms with Crippen LogP contribution in [0, 0.1) is 5.92 Å². The Kier molecular flexibility index (Phi) is 9.85. The summed E-state index contributed by atoms with van der Waals surface area (Å²) in [6, 6.07) is 0. The van der Waals surface area contributed by atoms with Gasteiger partial charge in [-0.2, -0.15) is 0 Å². The normalized spacial score (nSPS) is 9.45. The third kappa shape index (κ3) is 9.92. The van der Waals surface area contributed by atoms with E-state index >= 15 is 0 Å². The van der Waals surface area contributed by atoms with Gasteiger partial charge in [0.1, 0.15) is 5.78 Å². The zero-order valence-electron chi connectivity index (χ0n) is 7.30. The molecule has 0 fully saturated rings. The minimum absolute atomic E-state index is 0. The van der Waals surface area contributed by atoms with E-state index in [4.69, 9.17) is 5.73 Å². The number of carbonyl (C=O) groups is 1. The molecule has 11 heavy (non-hydrogen) atoms.